The maximum absolute atomic E-state index is 14.0. The van der Waals surface area contributed by atoms with E-state index in [-0.39, 0.29) is 65.1 Å². The van der Waals surface area contributed by atoms with Gasteiger partial charge in [-0.2, -0.15) is 9.98 Å². The molecule has 0 aliphatic rings. The van der Waals surface area contributed by atoms with Gasteiger partial charge in [-0.05, 0) is 63.3 Å². The van der Waals surface area contributed by atoms with Gasteiger partial charge in [0.2, 0.25) is 0 Å². The van der Waals surface area contributed by atoms with E-state index in [1.807, 2.05) is 60.7 Å². The lowest BCUT2D eigenvalue weighted by Gasteiger charge is -2.14. The number of hydrogen-bond donors (Lipinski definition) is 4. The number of benzene rings is 6. The van der Waals surface area contributed by atoms with Crippen LogP contribution in [0.3, 0.4) is 0 Å². The molecule has 6 aromatic carbocycles. The van der Waals surface area contributed by atoms with Gasteiger partial charge in [-0.25, -0.2) is 17.4 Å². The molecule has 0 fully saturated rings. The first kappa shape index (κ1) is 40.8. The highest BCUT2D eigenvalue weighted by Crippen LogP contribution is 2.43. The number of halogens is 1. The van der Waals surface area contributed by atoms with Crippen LogP contribution in [0, 0.1) is 17.1 Å². The number of carbonyl (C=O) groups excluding carboxylic acids is 2. The average Bonchev–Trinajstić information content (AvgIpc) is 3.66. The van der Waals surface area contributed by atoms with E-state index in [0.717, 1.165) is 51.1 Å². The fraction of sp³-hybridized carbons (Fsp3) is 0.119. The molecular formula is C42H34FN4O9PS2. The van der Waals surface area contributed by atoms with Crippen molar-refractivity contribution in [2.75, 3.05) is 32.6 Å². The summed E-state index contributed by atoms with van der Waals surface area (Å²) in [5, 5.41) is 18.5. The van der Waals surface area contributed by atoms with Crippen molar-refractivity contribution in [3.05, 3.63) is 144 Å². The van der Waals surface area contributed by atoms with Crippen LogP contribution < -0.4 is 29.4 Å². The predicted octanol–water partition coefficient (Wildman–Crippen LogP) is 7.34. The average molecular weight is 853 g/mol. The molecule has 0 spiro atoms. The van der Waals surface area contributed by atoms with Crippen molar-refractivity contribution < 1.29 is 45.9 Å². The standard InChI is InChI=1S/C42H34FN4O9PS2/c43-36-23-31(16-15-29(36)25-44)56-57(50,51)26-47-59(52,53)40-22-30-21-37(54-19-17-45-41(48)34-13-5-9-27-7-1-3-11-32(27)34)38(24-39(30)58-40)55-20-18-46-42(49)35-14-6-10-28-8-2-4-12-33(28)35/h1-16,21-24,47H,17-20,26H2,(H,45,48)(H,46,49)(H,50,51). The SMILES string of the molecule is N#Cc1ccc(OP(=O)(O)CNS(=O)(=O)c2cc3cc(OCCNC(=O)c4cccc5ccccc45)c(OCCNC(=O)c4cccc5ccccc45)cc3s2)cc1F. The van der Waals surface area contributed by atoms with Crippen molar-refractivity contribution in [1.29, 1.82) is 5.26 Å². The van der Waals surface area contributed by atoms with E-state index in [2.05, 4.69) is 15.4 Å². The summed E-state index contributed by atoms with van der Waals surface area (Å²) in [6.07, 6.45) is -1.04. The topological polar surface area (TPSA) is 193 Å². The number of nitriles is 1. The third-order valence-corrected chi connectivity index (χ3v) is 13.2. The zero-order valence-corrected chi connectivity index (χ0v) is 33.4. The Bertz CT molecular complexity index is 2790. The van der Waals surface area contributed by atoms with E-state index in [1.54, 1.807) is 42.5 Å². The van der Waals surface area contributed by atoms with Gasteiger partial charge in [-0.1, -0.05) is 72.8 Å². The van der Waals surface area contributed by atoms with Crippen molar-refractivity contribution in [1.82, 2.24) is 15.4 Å². The number of rotatable bonds is 16. The van der Waals surface area contributed by atoms with E-state index in [4.69, 9.17) is 19.3 Å². The molecule has 0 aliphatic carbocycles. The summed E-state index contributed by atoms with van der Waals surface area (Å²) < 4.78 is 72.8. The lowest BCUT2D eigenvalue weighted by atomic mass is 10.0. The number of hydrogen-bond acceptors (Lipinski definition) is 10. The van der Waals surface area contributed by atoms with Crippen LogP contribution in [0.25, 0.3) is 31.6 Å². The molecule has 4 N–H and O–H groups in total. The quantitative estimate of drug-likeness (QED) is 0.0565. The Labute approximate surface area is 341 Å². The second-order valence-electron chi connectivity index (χ2n) is 13.0. The van der Waals surface area contributed by atoms with Crippen molar-refractivity contribution in [2.24, 2.45) is 0 Å². The van der Waals surface area contributed by atoms with Gasteiger partial charge in [-0.15, -0.1) is 11.3 Å². The molecule has 1 heterocycles. The molecule has 59 heavy (non-hydrogen) atoms. The van der Waals surface area contributed by atoms with E-state index >= 15 is 0 Å². The predicted molar refractivity (Wildman–Crippen MR) is 222 cm³/mol. The molecule has 13 nitrogen and oxygen atoms in total. The number of nitrogens with zero attached hydrogens (tertiary/aromatic N) is 1. The molecule has 2 amide bonds. The molecule has 7 rings (SSSR count). The smallest absolute Gasteiger partial charge is 0.391 e. The molecule has 0 bridgehead atoms. The third kappa shape index (κ3) is 9.69. The lowest BCUT2D eigenvalue weighted by molar-refractivity contribution is 0.0938. The summed E-state index contributed by atoms with van der Waals surface area (Å²) in [7, 11) is -9.04. The zero-order chi connectivity index (χ0) is 41.6. The van der Waals surface area contributed by atoms with Crippen molar-refractivity contribution in [2.45, 2.75) is 4.21 Å². The molecule has 1 atom stereocenters. The Morgan fingerprint density at radius 2 is 1.31 bits per heavy atom. The maximum atomic E-state index is 14.0. The Kier molecular flexibility index (Phi) is 12.2. The Balaban J connectivity index is 1.05. The van der Waals surface area contributed by atoms with E-state index in [9.17, 15) is 31.9 Å². The molecule has 17 heteroatoms. The summed E-state index contributed by atoms with van der Waals surface area (Å²) >= 11 is 0.856. The minimum Gasteiger partial charge on any atom is -0.488 e. The second-order valence-corrected chi connectivity index (χ2v) is 17.8. The number of amides is 2. The number of ether oxygens (including phenoxy) is 2. The van der Waals surface area contributed by atoms with Gasteiger partial charge in [0.05, 0.1) is 18.7 Å². The van der Waals surface area contributed by atoms with Crippen LogP contribution in [0.15, 0.2) is 126 Å². The van der Waals surface area contributed by atoms with E-state index in [1.165, 1.54) is 6.07 Å². The first-order valence-corrected chi connectivity index (χ1v) is 22.0. The summed E-state index contributed by atoms with van der Waals surface area (Å²) in [5.41, 5.74) is 0.712. The van der Waals surface area contributed by atoms with Crippen LogP contribution in [0.5, 0.6) is 17.2 Å². The number of nitrogens with one attached hydrogen (secondary N) is 3. The van der Waals surface area contributed by atoms with Gasteiger partial charge in [-0.3, -0.25) is 9.59 Å². The van der Waals surface area contributed by atoms with E-state index < -0.39 is 29.7 Å². The van der Waals surface area contributed by atoms with Crippen LogP contribution >= 0.6 is 18.9 Å². The number of carbonyl (C=O) groups is 2. The molecule has 1 unspecified atom stereocenters. The summed E-state index contributed by atoms with van der Waals surface area (Å²) in [5.74, 6) is -1.45. The monoisotopic (exact) mass is 852 g/mol. The molecule has 0 saturated carbocycles. The van der Waals surface area contributed by atoms with Gasteiger partial charge in [0, 0.05) is 28.0 Å². The fourth-order valence-corrected chi connectivity index (χ4v) is 10.1. The number of fused-ring (bicyclic) bond motifs is 3. The second kappa shape index (κ2) is 17.7. The minimum atomic E-state index is -4.67. The molecule has 0 saturated heterocycles. The highest BCUT2D eigenvalue weighted by atomic mass is 32.2. The maximum Gasteiger partial charge on any atom is 0.391 e. The molecule has 7 aromatic rings. The molecule has 0 aliphatic heterocycles. The molecular weight excluding hydrogens is 819 g/mol. The third-order valence-electron chi connectivity index (χ3n) is 8.95. The van der Waals surface area contributed by atoms with Crippen molar-refractivity contribution in [3.8, 4) is 23.3 Å². The number of thiophene rings is 1. The molecule has 0 radical (unpaired) electrons. The van der Waals surface area contributed by atoms with Gasteiger partial charge in [0.25, 0.3) is 21.8 Å². The van der Waals surface area contributed by atoms with Gasteiger partial charge < -0.3 is 29.5 Å². The fourth-order valence-electron chi connectivity index (χ4n) is 6.15. The Morgan fingerprint density at radius 3 is 1.88 bits per heavy atom. The van der Waals surface area contributed by atoms with Crippen LogP contribution in [0.2, 0.25) is 0 Å². The summed E-state index contributed by atoms with van der Waals surface area (Å²) in [6.45, 7) is 0.268. The number of sulfonamides is 1. The van der Waals surface area contributed by atoms with E-state index in [0.29, 0.717) is 21.2 Å². The first-order chi connectivity index (χ1) is 28.4. The summed E-state index contributed by atoms with van der Waals surface area (Å²) in [6, 6.07) is 35.0. The first-order valence-electron chi connectivity index (χ1n) is 18.0. The van der Waals surface area contributed by atoms with Crippen LogP contribution in [0.4, 0.5) is 4.39 Å². The summed E-state index contributed by atoms with van der Waals surface area (Å²) in [4.78, 5) is 36.5. The van der Waals surface area contributed by atoms with Crippen molar-refractivity contribution >= 4 is 72.4 Å². The highest BCUT2D eigenvalue weighted by Gasteiger charge is 2.27. The normalized spacial score (nSPS) is 12.4. The van der Waals surface area contributed by atoms with Gasteiger partial charge in [0.15, 0.2) is 11.5 Å². The Hall–Kier alpha value is -6.34. The van der Waals surface area contributed by atoms with Crippen LogP contribution in [-0.4, -0.2) is 57.7 Å². The minimum absolute atomic E-state index is 0.0158. The van der Waals surface area contributed by atoms with Crippen molar-refractivity contribution in [3.63, 3.8) is 0 Å². The molecule has 1 aromatic heterocycles. The zero-order valence-electron chi connectivity index (χ0n) is 30.9. The lowest BCUT2D eigenvalue weighted by Crippen LogP contribution is -2.29. The van der Waals surface area contributed by atoms with Gasteiger partial charge in [0.1, 0.15) is 41.3 Å². The van der Waals surface area contributed by atoms with Crippen LogP contribution in [-0.2, 0) is 14.6 Å². The highest BCUT2D eigenvalue weighted by molar-refractivity contribution is 7.92. The Morgan fingerprint density at radius 1 is 0.746 bits per heavy atom. The van der Waals surface area contributed by atoms with Crippen LogP contribution in [0.1, 0.15) is 26.3 Å². The van der Waals surface area contributed by atoms with Gasteiger partial charge >= 0.3 is 7.60 Å². The largest absolute Gasteiger partial charge is 0.488 e. The molecule has 300 valence electrons.